The van der Waals surface area contributed by atoms with E-state index in [9.17, 15) is 4.79 Å². The van der Waals surface area contributed by atoms with Gasteiger partial charge in [-0.1, -0.05) is 24.3 Å². The Morgan fingerprint density at radius 2 is 1.80 bits per heavy atom. The van der Waals surface area contributed by atoms with Crippen LogP contribution in [0.2, 0.25) is 0 Å². The summed E-state index contributed by atoms with van der Waals surface area (Å²) in [5.74, 6) is 1.45. The molecule has 0 N–H and O–H groups in total. The smallest absolute Gasteiger partial charge is 0.219 e. The molecular formula is C21H31N3O. The van der Waals surface area contributed by atoms with E-state index in [-0.39, 0.29) is 11.9 Å². The number of likely N-dealkylation sites (tertiary alicyclic amines) is 3. The van der Waals surface area contributed by atoms with Crippen LogP contribution in [0.15, 0.2) is 24.3 Å². The van der Waals surface area contributed by atoms with E-state index in [2.05, 4.69) is 52.9 Å². The molecule has 0 spiro atoms. The van der Waals surface area contributed by atoms with Gasteiger partial charge in [0.05, 0.1) is 6.04 Å². The van der Waals surface area contributed by atoms with Crippen LogP contribution in [0.3, 0.4) is 0 Å². The maximum atomic E-state index is 12.3. The molecule has 3 aliphatic rings. The van der Waals surface area contributed by atoms with Crippen molar-refractivity contribution < 1.29 is 4.79 Å². The fraction of sp³-hybridized carbons (Fsp3) is 0.667. The van der Waals surface area contributed by atoms with Gasteiger partial charge in [-0.25, -0.2) is 0 Å². The summed E-state index contributed by atoms with van der Waals surface area (Å²) in [7, 11) is 2.23. The molecule has 3 heterocycles. The highest BCUT2D eigenvalue weighted by molar-refractivity contribution is 5.74. The number of aryl methyl sites for hydroxylation is 1. The van der Waals surface area contributed by atoms with Crippen LogP contribution in [0.4, 0.5) is 0 Å². The van der Waals surface area contributed by atoms with E-state index >= 15 is 0 Å². The first-order valence-corrected chi connectivity index (χ1v) is 9.80. The summed E-state index contributed by atoms with van der Waals surface area (Å²) >= 11 is 0. The third kappa shape index (κ3) is 3.11. The number of amides is 1. The Labute approximate surface area is 151 Å². The molecule has 0 unspecified atom stereocenters. The molecule has 4 heteroatoms. The molecule has 1 aromatic rings. The quantitative estimate of drug-likeness (QED) is 0.827. The predicted molar refractivity (Wildman–Crippen MR) is 100 cm³/mol. The Morgan fingerprint density at radius 3 is 2.48 bits per heavy atom. The van der Waals surface area contributed by atoms with Gasteiger partial charge in [0.25, 0.3) is 0 Å². The number of benzene rings is 1. The van der Waals surface area contributed by atoms with Crippen LogP contribution in [0.1, 0.15) is 36.9 Å². The highest BCUT2D eigenvalue weighted by Gasteiger charge is 2.49. The number of nitrogens with zero attached hydrogens (tertiary/aromatic N) is 3. The number of rotatable bonds is 2. The van der Waals surface area contributed by atoms with E-state index in [4.69, 9.17) is 0 Å². The minimum Gasteiger partial charge on any atom is -0.335 e. The zero-order valence-electron chi connectivity index (χ0n) is 15.8. The second-order valence-corrected chi connectivity index (χ2v) is 8.39. The van der Waals surface area contributed by atoms with Gasteiger partial charge in [0.1, 0.15) is 0 Å². The summed E-state index contributed by atoms with van der Waals surface area (Å²) in [4.78, 5) is 19.6. The third-order valence-electron chi connectivity index (χ3n) is 6.81. The van der Waals surface area contributed by atoms with Gasteiger partial charge in [-0.05, 0) is 56.9 Å². The summed E-state index contributed by atoms with van der Waals surface area (Å²) < 4.78 is 0. The summed E-state index contributed by atoms with van der Waals surface area (Å²) in [6.45, 7) is 9.62. The van der Waals surface area contributed by atoms with Crippen molar-refractivity contribution in [2.75, 3.05) is 39.8 Å². The van der Waals surface area contributed by atoms with Crippen LogP contribution >= 0.6 is 0 Å². The van der Waals surface area contributed by atoms with E-state index in [1.54, 1.807) is 6.92 Å². The van der Waals surface area contributed by atoms with Crippen molar-refractivity contribution in [3.8, 4) is 0 Å². The fourth-order valence-electron chi connectivity index (χ4n) is 5.38. The first kappa shape index (κ1) is 17.0. The van der Waals surface area contributed by atoms with E-state index in [1.165, 1.54) is 43.6 Å². The van der Waals surface area contributed by atoms with Crippen molar-refractivity contribution in [2.24, 2.45) is 11.8 Å². The molecule has 0 aromatic heterocycles. The van der Waals surface area contributed by atoms with Gasteiger partial charge in [-0.3, -0.25) is 9.69 Å². The molecule has 0 radical (unpaired) electrons. The Hall–Kier alpha value is -1.39. The molecule has 0 saturated carbocycles. The Morgan fingerprint density at radius 1 is 1.08 bits per heavy atom. The van der Waals surface area contributed by atoms with Gasteiger partial charge in [-0.2, -0.15) is 0 Å². The molecular weight excluding hydrogens is 310 g/mol. The van der Waals surface area contributed by atoms with Crippen molar-refractivity contribution in [2.45, 2.75) is 38.8 Å². The highest BCUT2D eigenvalue weighted by Crippen LogP contribution is 2.46. The standard InChI is InChI=1S/C21H31N3O/c1-15-6-4-5-7-19(15)21-20-14-23(18-8-10-22(3)11-9-18)12-17(20)13-24(21)16(2)25/h4-7,17-18,20-21H,8-14H2,1-3H3/t17-,20-,21-/m1/s1. The lowest BCUT2D eigenvalue weighted by Crippen LogP contribution is -2.44. The van der Waals surface area contributed by atoms with Crippen molar-refractivity contribution in [3.05, 3.63) is 35.4 Å². The number of fused-ring (bicyclic) bond motifs is 1. The molecule has 3 aliphatic heterocycles. The van der Waals surface area contributed by atoms with Crippen molar-refractivity contribution in [1.82, 2.24) is 14.7 Å². The molecule has 3 fully saturated rings. The number of carbonyl (C=O) groups excluding carboxylic acids is 1. The van der Waals surface area contributed by atoms with Gasteiger partial charge < -0.3 is 9.80 Å². The summed E-state index contributed by atoms with van der Waals surface area (Å²) in [5, 5.41) is 0. The third-order valence-corrected chi connectivity index (χ3v) is 6.81. The monoisotopic (exact) mass is 341 g/mol. The molecule has 3 saturated heterocycles. The van der Waals surface area contributed by atoms with E-state index in [0.29, 0.717) is 11.8 Å². The maximum Gasteiger partial charge on any atom is 0.219 e. The second-order valence-electron chi connectivity index (χ2n) is 8.39. The van der Waals surface area contributed by atoms with Crippen LogP contribution in [-0.2, 0) is 4.79 Å². The zero-order valence-corrected chi connectivity index (χ0v) is 15.8. The lowest BCUT2D eigenvalue weighted by atomic mass is 9.87. The lowest BCUT2D eigenvalue weighted by Gasteiger charge is -2.37. The summed E-state index contributed by atoms with van der Waals surface area (Å²) in [6, 6.07) is 9.65. The van der Waals surface area contributed by atoms with Crippen LogP contribution in [0.5, 0.6) is 0 Å². The van der Waals surface area contributed by atoms with Crippen molar-refractivity contribution >= 4 is 5.91 Å². The summed E-state index contributed by atoms with van der Waals surface area (Å²) in [5.41, 5.74) is 2.67. The number of piperidine rings is 1. The normalized spacial score (nSPS) is 31.5. The number of hydrogen-bond donors (Lipinski definition) is 0. The van der Waals surface area contributed by atoms with E-state index in [0.717, 1.165) is 19.1 Å². The zero-order chi connectivity index (χ0) is 17.6. The molecule has 0 aliphatic carbocycles. The van der Waals surface area contributed by atoms with Crippen LogP contribution < -0.4 is 0 Å². The molecule has 1 aromatic carbocycles. The molecule has 4 rings (SSSR count). The van der Waals surface area contributed by atoms with Gasteiger partial charge in [0.2, 0.25) is 5.91 Å². The van der Waals surface area contributed by atoms with Gasteiger partial charge in [0.15, 0.2) is 0 Å². The molecule has 1 amide bonds. The SMILES string of the molecule is CC(=O)N1C[C@H]2CN(C3CCN(C)CC3)C[C@H]2[C@H]1c1ccccc1C. The number of carbonyl (C=O) groups is 1. The second kappa shape index (κ2) is 6.73. The van der Waals surface area contributed by atoms with Crippen molar-refractivity contribution in [3.63, 3.8) is 0 Å². The first-order chi connectivity index (χ1) is 12.0. The molecule has 0 bridgehead atoms. The van der Waals surface area contributed by atoms with E-state index < -0.39 is 0 Å². The Balaban J connectivity index is 1.55. The minimum absolute atomic E-state index is 0.230. The lowest BCUT2D eigenvalue weighted by molar-refractivity contribution is -0.130. The molecule has 25 heavy (non-hydrogen) atoms. The van der Waals surface area contributed by atoms with Gasteiger partial charge >= 0.3 is 0 Å². The predicted octanol–water partition coefficient (Wildman–Crippen LogP) is 2.54. The van der Waals surface area contributed by atoms with Crippen LogP contribution in [0, 0.1) is 18.8 Å². The average molecular weight is 341 g/mol. The first-order valence-electron chi connectivity index (χ1n) is 9.80. The minimum atomic E-state index is 0.230. The van der Waals surface area contributed by atoms with E-state index in [1.807, 2.05) is 0 Å². The Kier molecular flexibility index (Phi) is 4.59. The maximum absolute atomic E-state index is 12.3. The highest BCUT2D eigenvalue weighted by atomic mass is 16.2. The van der Waals surface area contributed by atoms with Gasteiger partial charge in [0, 0.05) is 38.5 Å². The van der Waals surface area contributed by atoms with Gasteiger partial charge in [-0.15, -0.1) is 0 Å². The molecule has 136 valence electrons. The molecule has 4 nitrogen and oxygen atoms in total. The van der Waals surface area contributed by atoms with Crippen LogP contribution in [-0.4, -0.2) is 66.4 Å². The largest absolute Gasteiger partial charge is 0.335 e. The van der Waals surface area contributed by atoms with Crippen LogP contribution in [0.25, 0.3) is 0 Å². The van der Waals surface area contributed by atoms with Crippen molar-refractivity contribution in [1.29, 1.82) is 0 Å². The molecule has 3 atom stereocenters. The average Bonchev–Trinajstić information content (AvgIpc) is 3.14. The number of hydrogen-bond acceptors (Lipinski definition) is 3. The topological polar surface area (TPSA) is 26.8 Å². The Bertz CT molecular complexity index is 638. The summed E-state index contributed by atoms with van der Waals surface area (Å²) in [6.07, 6.45) is 2.59. The fourth-order valence-corrected chi connectivity index (χ4v) is 5.38.